The fourth-order valence-electron chi connectivity index (χ4n) is 3.41. The lowest BCUT2D eigenvalue weighted by molar-refractivity contribution is -0.136. The van der Waals surface area contributed by atoms with E-state index in [1.807, 2.05) is 13.0 Å². The van der Waals surface area contributed by atoms with E-state index in [0.29, 0.717) is 34.4 Å². The summed E-state index contributed by atoms with van der Waals surface area (Å²) in [5.74, 6) is 0.191. The molecule has 2 amide bonds. The third-order valence-electron chi connectivity index (χ3n) is 4.96. The van der Waals surface area contributed by atoms with Gasteiger partial charge < -0.3 is 30.0 Å². The van der Waals surface area contributed by atoms with Gasteiger partial charge in [-0.05, 0) is 49.2 Å². The van der Waals surface area contributed by atoms with Gasteiger partial charge in [0.05, 0.1) is 31.5 Å². The van der Waals surface area contributed by atoms with E-state index in [1.165, 1.54) is 13.3 Å². The number of hydrazone groups is 1. The first kappa shape index (κ1) is 25.9. The molecule has 186 valence electrons. The topological polar surface area (TPSA) is 131 Å². The molecule has 1 aliphatic heterocycles. The van der Waals surface area contributed by atoms with Gasteiger partial charge in [-0.2, -0.15) is 5.10 Å². The Kier molecular flexibility index (Phi) is 8.93. The smallest absolute Gasteiger partial charge is 0.337 e. The molecule has 4 N–H and O–H groups in total. The van der Waals surface area contributed by atoms with Crippen molar-refractivity contribution in [1.82, 2.24) is 16.1 Å². The summed E-state index contributed by atoms with van der Waals surface area (Å²) in [4.78, 5) is 24.4. The molecular formula is C24H27ClN4O6. The van der Waals surface area contributed by atoms with Crippen molar-refractivity contribution in [3.63, 3.8) is 0 Å². The lowest BCUT2D eigenvalue weighted by atomic mass is 9.95. The van der Waals surface area contributed by atoms with E-state index in [1.54, 1.807) is 43.3 Å². The van der Waals surface area contributed by atoms with Crippen LogP contribution in [0.25, 0.3) is 0 Å². The molecule has 0 aromatic heterocycles. The molecule has 0 aliphatic carbocycles. The average Bonchev–Trinajstić information content (AvgIpc) is 2.82. The number of nitrogens with zero attached hydrogens (tertiary/aromatic N) is 1. The molecule has 0 saturated heterocycles. The van der Waals surface area contributed by atoms with Crippen molar-refractivity contribution < 1.29 is 28.9 Å². The summed E-state index contributed by atoms with van der Waals surface area (Å²) in [6.45, 7) is 3.67. The van der Waals surface area contributed by atoms with Crippen molar-refractivity contribution in [2.75, 3.05) is 20.3 Å². The predicted molar refractivity (Wildman–Crippen MR) is 130 cm³/mol. The number of aliphatic hydroxyl groups excluding tert-OH is 1. The van der Waals surface area contributed by atoms with Crippen LogP contribution in [0.2, 0.25) is 5.02 Å². The van der Waals surface area contributed by atoms with Gasteiger partial charge in [0.15, 0.2) is 17.7 Å². The molecule has 0 unspecified atom stereocenters. The predicted octanol–water partition coefficient (Wildman–Crippen LogP) is 2.86. The molecule has 2 aromatic rings. The summed E-state index contributed by atoms with van der Waals surface area (Å²) in [5.41, 5.74) is 4.62. The van der Waals surface area contributed by atoms with Crippen LogP contribution in [0.5, 0.6) is 11.5 Å². The summed E-state index contributed by atoms with van der Waals surface area (Å²) in [7, 11) is 1.27. The van der Waals surface area contributed by atoms with Gasteiger partial charge >= 0.3 is 12.0 Å². The number of hydrogen-bond acceptors (Lipinski definition) is 8. The van der Waals surface area contributed by atoms with Gasteiger partial charge in [-0.3, -0.25) is 5.43 Å². The Bertz CT molecular complexity index is 1140. The number of amides is 2. The van der Waals surface area contributed by atoms with Crippen LogP contribution in [-0.4, -0.2) is 49.9 Å². The van der Waals surface area contributed by atoms with E-state index in [9.17, 15) is 14.7 Å². The van der Waals surface area contributed by atoms with Crippen LogP contribution in [-0.2, 0) is 9.53 Å². The van der Waals surface area contributed by atoms with Crippen LogP contribution in [0.1, 0.15) is 31.0 Å². The van der Waals surface area contributed by atoms with Crippen LogP contribution in [0.4, 0.5) is 4.79 Å². The Balaban J connectivity index is 1.71. The van der Waals surface area contributed by atoms with Crippen LogP contribution < -0.4 is 25.5 Å². The summed E-state index contributed by atoms with van der Waals surface area (Å²) >= 11 is 5.94. The molecule has 0 spiro atoms. The molecule has 1 heterocycles. The highest BCUT2D eigenvalue weighted by Crippen LogP contribution is 2.34. The highest BCUT2D eigenvalue weighted by atomic mass is 35.5. The minimum atomic E-state index is -1.10. The maximum atomic E-state index is 12.3. The van der Waals surface area contributed by atoms with Crippen LogP contribution >= 0.6 is 11.6 Å². The van der Waals surface area contributed by atoms with Gasteiger partial charge in [0.1, 0.15) is 6.61 Å². The zero-order chi connectivity index (χ0) is 25.4. The normalized spacial score (nSPS) is 16.4. The van der Waals surface area contributed by atoms with E-state index >= 15 is 0 Å². The molecule has 10 nitrogen and oxygen atoms in total. The third kappa shape index (κ3) is 6.87. The van der Waals surface area contributed by atoms with E-state index in [0.717, 1.165) is 5.56 Å². The number of aliphatic hydroxyl groups is 1. The van der Waals surface area contributed by atoms with E-state index < -0.39 is 24.3 Å². The number of hydrogen-bond donors (Lipinski definition) is 4. The molecule has 1 aliphatic rings. The zero-order valence-electron chi connectivity index (χ0n) is 19.5. The second-order valence-corrected chi connectivity index (χ2v) is 7.91. The first-order valence-electron chi connectivity index (χ1n) is 10.8. The molecule has 11 heteroatoms. The minimum absolute atomic E-state index is 0.122. The number of rotatable bonds is 10. The van der Waals surface area contributed by atoms with Crippen molar-refractivity contribution >= 4 is 29.8 Å². The molecule has 0 fully saturated rings. The Hall–Kier alpha value is -3.76. The van der Waals surface area contributed by atoms with Crippen LogP contribution in [0.3, 0.4) is 0 Å². The number of carbonyl (C=O) groups is 2. The number of halogens is 1. The summed E-state index contributed by atoms with van der Waals surface area (Å²) in [5, 5.41) is 20.0. The van der Waals surface area contributed by atoms with Gasteiger partial charge in [-0.15, -0.1) is 0 Å². The molecule has 0 radical (unpaired) electrons. The number of ether oxygens (including phenoxy) is 3. The maximum absolute atomic E-state index is 12.3. The summed E-state index contributed by atoms with van der Waals surface area (Å²) < 4.78 is 16.3. The van der Waals surface area contributed by atoms with Gasteiger partial charge in [-0.25, -0.2) is 9.59 Å². The molecular weight excluding hydrogens is 476 g/mol. The highest BCUT2D eigenvalue weighted by Gasteiger charge is 2.32. The van der Waals surface area contributed by atoms with Crippen LogP contribution in [0, 0.1) is 0 Å². The number of esters is 1. The van der Waals surface area contributed by atoms with E-state index in [4.69, 9.17) is 25.8 Å². The summed E-state index contributed by atoms with van der Waals surface area (Å²) in [6, 6.07) is 10.9. The minimum Gasteiger partial charge on any atom is -0.490 e. The van der Waals surface area contributed by atoms with Gasteiger partial charge in [0.2, 0.25) is 0 Å². The number of carbonyl (C=O) groups excluding carboxylic acids is 2. The number of nitrogens with one attached hydrogen (secondary N) is 3. The Morgan fingerprint density at radius 3 is 2.77 bits per heavy atom. The Morgan fingerprint density at radius 1 is 1.26 bits per heavy atom. The largest absolute Gasteiger partial charge is 0.490 e. The fourth-order valence-corrected chi connectivity index (χ4v) is 3.61. The second-order valence-electron chi connectivity index (χ2n) is 7.47. The quantitative estimate of drug-likeness (QED) is 0.170. The zero-order valence-corrected chi connectivity index (χ0v) is 20.3. The summed E-state index contributed by atoms with van der Waals surface area (Å²) in [6.07, 6.45) is 0.428. The first-order chi connectivity index (χ1) is 16.8. The van der Waals surface area contributed by atoms with E-state index in [-0.39, 0.29) is 12.2 Å². The van der Waals surface area contributed by atoms with Gasteiger partial charge in [-0.1, -0.05) is 29.8 Å². The number of urea groups is 1. The number of benzene rings is 2. The molecule has 2 aromatic carbocycles. The molecule has 35 heavy (non-hydrogen) atoms. The monoisotopic (exact) mass is 502 g/mol. The van der Waals surface area contributed by atoms with Crippen molar-refractivity contribution in [3.05, 3.63) is 69.9 Å². The highest BCUT2D eigenvalue weighted by molar-refractivity contribution is 6.30. The van der Waals surface area contributed by atoms with E-state index in [2.05, 4.69) is 21.2 Å². The molecule has 0 saturated carbocycles. The molecule has 2 atom stereocenters. The third-order valence-corrected chi connectivity index (χ3v) is 5.19. The second kappa shape index (κ2) is 12.1. The maximum Gasteiger partial charge on any atom is 0.337 e. The standard InChI is InChI=1S/C24H27ClN4O6/c1-4-34-19-11-16(22-21(23(31)33-3)14(2)27-24(32)28-22)8-9-18(19)35-13-20(30)29-26-12-15-6-5-7-17(25)10-15/h5-12,20,22,29-30H,4,13H2,1-3H3,(H2,27,28,32)/b26-12-/t20-,22-/m0/s1. The van der Waals surface area contributed by atoms with Crippen molar-refractivity contribution in [2.45, 2.75) is 26.1 Å². The van der Waals surface area contributed by atoms with Crippen LogP contribution in [0.15, 0.2) is 58.8 Å². The van der Waals surface area contributed by atoms with Crippen molar-refractivity contribution in [2.24, 2.45) is 5.10 Å². The van der Waals surface area contributed by atoms with Gasteiger partial charge in [0.25, 0.3) is 0 Å². The Labute approximate surface area is 207 Å². The average molecular weight is 503 g/mol. The molecule has 3 rings (SSSR count). The van der Waals surface area contributed by atoms with Gasteiger partial charge in [0, 0.05) is 10.7 Å². The lowest BCUT2D eigenvalue weighted by Gasteiger charge is -2.28. The van der Waals surface area contributed by atoms with Crippen molar-refractivity contribution in [1.29, 1.82) is 0 Å². The number of allylic oxidation sites excluding steroid dienone is 1. The first-order valence-corrected chi connectivity index (χ1v) is 11.2. The SMILES string of the molecule is CCOc1cc([C@@H]2NC(=O)NC(C)=C2C(=O)OC)ccc1OC[C@H](O)N/N=C\c1cccc(Cl)c1. The fraction of sp³-hybridized carbons (Fsp3) is 0.292. The lowest BCUT2D eigenvalue weighted by Crippen LogP contribution is -2.45. The molecule has 0 bridgehead atoms. The van der Waals surface area contributed by atoms with Crippen molar-refractivity contribution in [3.8, 4) is 11.5 Å². The number of methoxy groups -OCH3 is 1. The Morgan fingerprint density at radius 2 is 2.06 bits per heavy atom.